The number of allylic oxidation sites excluding steroid dienone is 1. The fourth-order valence-corrected chi connectivity index (χ4v) is 4.83. The summed E-state index contributed by atoms with van der Waals surface area (Å²) in [5, 5.41) is -0.459. The lowest BCUT2D eigenvalue weighted by Crippen LogP contribution is -2.45. The topological polar surface area (TPSA) is 66.9 Å². The van der Waals surface area contributed by atoms with Crippen molar-refractivity contribution in [3.05, 3.63) is 39.8 Å². The Balaban J connectivity index is 2.00. The van der Waals surface area contributed by atoms with Gasteiger partial charge in [-0.05, 0) is 80.8 Å². The Morgan fingerprint density at radius 1 is 1.23 bits per heavy atom. The average Bonchev–Trinajstić information content (AvgIpc) is 2.93. The molecular weight excluding hydrogens is 400 g/mol. The second-order valence-electron chi connectivity index (χ2n) is 8.20. The van der Waals surface area contributed by atoms with Gasteiger partial charge in [-0.3, -0.25) is 19.3 Å². The van der Waals surface area contributed by atoms with Crippen LogP contribution in [-0.2, 0) is 14.3 Å². The van der Waals surface area contributed by atoms with E-state index in [2.05, 4.69) is 55.5 Å². The summed E-state index contributed by atoms with van der Waals surface area (Å²) in [6, 6.07) is 4.25. The fraction of sp³-hybridized carbons (Fsp3) is 0.435. The van der Waals surface area contributed by atoms with Gasteiger partial charge in [-0.25, -0.2) is 0 Å². The van der Waals surface area contributed by atoms with Crippen molar-refractivity contribution < 1.29 is 19.1 Å². The van der Waals surface area contributed by atoms with Crippen molar-refractivity contribution in [1.29, 1.82) is 0 Å². The van der Waals surface area contributed by atoms with Crippen LogP contribution in [-0.4, -0.2) is 47.8 Å². The van der Waals surface area contributed by atoms with E-state index in [-0.39, 0.29) is 12.1 Å². The first-order valence-corrected chi connectivity index (χ1v) is 10.8. The van der Waals surface area contributed by atoms with Gasteiger partial charge in [0.05, 0.1) is 17.6 Å². The van der Waals surface area contributed by atoms with Crippen molar-refractivity contribution >= 4 is 46.2 Å². The molecule has 0 bridgehead atoms. The summed E-state index contributed by atoms with van der Waals surface area (Å²) in [5.41, 5.74) is 5.36. The summed E-state index contributed by atoms with van der Waals surface area (Å²) in [5.74, 6) is -1.09. The molecule has 2 aliphatic heterocycles. The molecule has 2 heterocycles. The minimum atomic E-state index is -0.622. The predicted octanol–water partition coefficient (Wildman–Crippen LogP) is 4.62. The normalized spacial score (nSPS) is 19.3. The van der Waals surface area contributed by atoms with Crippen molar-refractivity contribution in [2.24, 2.45) is 0 Å². The van der Waals surface area contributed by atoms with Crippen molar-refractivity contribution in [2.45, 2.75) is 46.6 Å². The lowest BCUT2D eigenvalue weighted by molar-refractivity contribution is -0.143. The number of methoxy groups -OCH3 is 1. The number of ether oxygens (including phenoxy) is 1. The van der Waals surface area contributed by atoms with Gasteiger partial charge in [-0.1, -0.05) is 13.0 Å². The zero-order valence-electron chi connectivity index (χ0n) is 18.4. The molecule has 2 aliphatic rings. The molecule has 1 saturated heterocycles. The second kappa shape index (κ2) is 8.30. The van der Waals surface area contributed by atoms with Crippen LogP contribution in [0.1, 0.15) is 50.8 Å². The zero-order chi connectivity index (χ0) is 22.2. The van der Waals surface area contributed by atoms with E-state index in [4.69, 9.17) is 0 Å². The number of rotatable bonds is 5. The SMILES string of the molecule is CCCN1c2cc(C)c(/C=C3\SC(=O)N(CC(=O)OC)C3=O)cc2C(C)=CC1(C)C. The summed E-state index contributed by atoms with van der Waals surface area (Å²) in [7, 11) is 1.23. The van der Waals surface area contributed by atoms with Crippen LogP contribution in [0.25, 0.3) is 11.6 Å². The van der Waals surface area contributed by atoms with E-state index < -0.39 is 17.1 Å². The maximum absolute atomic E-state index is 12.6. The van der Waals surface area contributed by atoms with E-state index >= 15 is 0 Å². The molecule has 1 aromatic carbocycles. The number of carbonyl (C=O) groups excluding carboxylic acids is 3. The minimum absolute atomic E-state index is 0.0718. The Morgan fingerprint density at radius 2 is 1.93 bits per heavy atom. The smallest absolute Gasteiger partial charge is 0.325 e. The average molecular weight is 429 g/mol. The highest BCUT2D eigenvalue weighted by atomic mass is 32.2. The molecular formula is C23H28N2O4S. The number of carbonyl (C=O) groups is 3. The quantitative estimate of drug-likeness (QED) is 0.504. The van der Waals surface area contributed by atoms with Gasteiger partial charge in [0, 0.05) is 17.8 Å². The van der Waals surface area contributed by atoms with Crippen LogP contribution in [0.5, 0.6) is 0 Å². The monoisotopic (exact) mass is 428 g/mol. The van der Waals surface area contributed by atoms with Gasteiger partial charge in [0.2, 0.25) is 0 Å². The molecule has 2 amide bonds. The second-order valence-corrected chi connectivity index (χ2v) is 9.20. The fourth-order valence-electron chi connectivity index (χ4n) is 4.00. The molecule has 160 valence electrons. The number of nitrogens with zero attached hydrogens (tertiary/aromatic N) is 2. The lowest BCUT2D eigenvalue weighted by atomic mass is 9.86. The Kier molecular flexibility index (Phi) is 6.13. The van der Waals surface area contributed by atoms with Crippen LogP contribution in [0.15, 0.2) is 23.1 Å². The third-order valence-electron chi connectivity index (χ3n) is 5.49. The predicted molar refractivity (Wildman–Crippen MR) is 121 cm³/mol. The van der Waals surface area contributed by atoms with Gasteiger partial charge >= 0.3 is 5.97 Å². The van der Waals surface area contributed by atoms with E-state index in [9.17, 15) is 14.4 Å². The third kappa shape index (κ3) is 4.03. The Morgan fingerprint density at radius 3 is 2.57 bits per heavy atom. The van der Waals surface area contributed by atoms with Crippen molar-refractivity contribution in [3.63, 3.8) is 0 Å². The number of esters is 1. The first-order valence-electron chi connectivity index (χ1n) is 10.0. The molecule has 0 aromatic heterocycles. The van der Waals surface area contributed by atoms with Gasteiger partial charge in [-0.2, -0.15) is 0 Å². The van der Waals surface area contributed by atoms with Crippen molar-refractivity contribution in [3.8, 4) is 0 Å². The van der Waals surface area contributed by atoms with Gasteiger partial charge in [0.25, 0.3) is 11.1 Å². The molecule has 1 aromatic rings. The van der Waals surface area contributed by atoms with Gasteiger partial charge in [0.15, 0.2) is 0 Å². The minimum Gasteiger partial charge on any atom is -0.468 e. The number of aryl methyl sites for hydroxylation is 1. The van der Waals surface area contributed by atoms with E-state index in [1.807, 2.05) is 6.92 Å². The standard InChI is InChI=1S/C23H28N2O4S/c1-7-8-25-18-9-14(2)16(10-17(18)15(3)12-23(25,4)5)11-19-21(27)24(22(28)30-19)13-20(26)29-6/h9-12H,7-8,13H2,1-6H3/b19-11-. The number of benzene rings is 1. The van der Waals surface area contributed by atoms with Gasteiger partial charge in [0.1, 0.15) is 6.54 Å². The molecule has 6 nitrogen and oxygen atoms in total. The summed E-state index contributed by atoms with van der Waals surface area (Å²) < 4.78 is 4.58. The van der Waals surface area contributed by atoms with Crippen molar-refractivity contribution in [1.82, 2.24) is 4.90 Å². The van der Waals surface area contributed by atoms with Crippen molar-refractivity contribution in [2.75, 3.05) is 25.1 Å². The lowest BCUT2D eigenvalue weighted by Gasteiger charge is -2.43. The molecule has 30 heavy (non-hydrogen) atoms. The number of anilines is 1. The van der Waals surface area contributed by atoms with Crippen LogP contribution in [0.2, 0.25) is 0 Å². The maximum Gasteiger partial charge on any atom is 0.325 e. The first-order chi connectivity index (χ1) is 14.1. The molecule has 0 spiro atoms. The molecule has 0 aliphatic carbocycles. The number of thioether (sulfide) groups is 1. The van der Waals surface area contributed by atoms with E-state index in [0.29, 0.717) is 4.91 Å². The zero-order valence-corrected chi connectivity index (χ0v) is 19.2. The van der Waals surface area contributed by atoms with E-state index in [0.717, 1.165) is 46.3 Å². The first kappa shape index (κ1) is 22.2. The third-order valence-corrected chi connectivity index (χ3v) is 6.40. The summed E-state index contributed by atoms with van der Waals surface area (Å²) in [6.07, 6.45) is 5.06. The highest BCUT2D eigenvalue weighted by Gasteiger charge is 2.37. The largest absolute Gasteiger partial charge is 0.468 e. The Labute approximate surface area is 181 Å². The van der Waals surface area contributed by atoms with E-state index in [1.54, 1.807) is 6.08 Å². The number of hydrogen-bond acceptors (Lipinski definition) is 6. The summed E-state index contributed by atoms with van der Waals surface area (Å²) in [6.45, 7) is 11.3. The van der Waals surface area contributed by atoms with Gasteiger partial charge < -0.3 is 9.64 Å². The van der Waals surface area contributed by atoms with E-state index in [1.165, 1.54) is 18.4 Å². The molecule has 7 heteroatoms. The molecule has 0 unspecified atom stereocenters. The number of imide groups is 1. The van der Waals surface area contributed by atoms with Crippen LogP contribution in [0.4, 0.5) is 10.5 Å². The number of amides is 2. The Hall–Kier alpha value is -2.54. The Bertz CT molecular complexity index is 978. The van der Waals surface area contributed by atoms with Crippen LogP contribution in [0, 0.1) is 6.92 Å². The molecule has 0 saturated carbocycles. The number of fused-ring (bicyclic) bond motifs is 1. The molecule has 0 N–H and O–H groups in total. The molecule has 0 atom stereocenters. The molecule has 3 rings (SSSR count). The summed E-state index contributed by atoms with van der Waals surface area (Å²) >= 11 is 0.850. The maximum atomic E-state index is 12.6. The van der Waals surface area contributed by atoms with Crippen LogP contribution in [0.3, 0.4) is 0 Å². The van der Waals surface area contributed by atoms with Crippen LogP contribution >= 0.6 is 11.8 Å². The van der Waals surface area contributed by atoms with Crippen LogP contribution < -0.4 is 4.90 Å². The van der Waals surface area contributed by atoms with Gasteiger partial charge in [-0.15, -0.1) is 0 Å². The summed E-state index contributed by atoms with van der Waals surface area (Å²) in [4.78, 5) is 40.0. The molecule has 0 radical (unpaired) electrons. The highest BCUT2D eigenvalue weighted by molar-refractivity contribution is 8.18. The number of hydrogen-bond donors (Lipinski definition) is 0. The highest BCUT2D eigenvalue weighted by Crippen LogP contribution is 2.41. The molecule has 1 fully saturated rings.